The van der Waals surface area contributed by atoms with Gasteiger partial charge in [0, 0.05) is 18.1 Å². The van der Waals surface area contributed by atoms with E-state index in [1.54, 1.807) is 0 Å². The Hall–Kier alpha value is -1.26. The minimum Gasteiger partial charge on any atom is -0.487 e. The van der Waals surface area contributed by atoms with Gasteiger partial charge in [-0.3, -0.25) is 0 Å². The predicted octanol–water partition coefficient (Wildman–Crippen LogP) is 3.04. The number of hydrogen-bond donors (Lipinski definition) is 1. The summed E-state index contributed by atoms with van der Waals surface area (Å²) in [6.45, 7) is 5.01. The van der Waals surface area contributed by atoms with Gasteiger partial charge in [-0.05, 0) is 44.7 Å². The average molecular weight is 278 g/mol. The zero-order chi connectivity index (χ0) is 14.2. The molecule has 0 saturated heterocycles. The molecule has 1 aromatic rings. The third kappa shape index (κ3) is 3.25. The first-order valence-corrected chi connectivity index (χ1v) is 7.25. The number of ether oxygens (including phenoxy) is 3. The summed E-state index contributed by atoms with van der Waals surface area (Å²) in [4.78, 5) is 0. The van der Waals surface area contributed by atoms with Crippen LogP contribution in [0.25, 0.3) is 0 Å². The molecule has 20 heavy (non-hydrogen) atoms. The second kappa shape index (κ2) is 5.26. The molecule has 0 aromatic heterocycles. The molecule has 0 bridgehead atoms. The second-order valence-electron chi connectivity index (χ2n) is 6.36. The van der Waals surface area contributed by atoms with Gasteiger partial charge in [0.05, 0.1) is 12.7 Å². The summed E-state index contributed by atoms with van der Waals surface area (Å²) >= 11 is 0. The van der Waals surface area contributed by atoms with E-state index >= 15 is 0 Å². The summed E-state index contributed by atoms with van der Waals surface area (Å²) < 4.78 is 16.9. The molecule has 1 aliphatic heterocycles. The van der Waals surface area contributed by atoms with Crippen LogP contribution in [0.2, 0.25) is 0 Å². The molecule has 1 atom stereocenters. The molecule has 1 fully saturated rings. The first kappa shape index (κ1) is 13.7. The van der Waals surface area contributed by atoms with Crippen molar-refractivity contribution in [1.29, 1.82) is 0 Å². The third-order valence-corrected chi connectivity index (χ3v) is 3.77. The lowest BCUT2D eigenvalue weighted by Gasteiger charge is -2.35. The van der Waals surface area contributed by atoms with Crippen LogP contribution in [-0.2, 0) is 4.74 Å². The van der Waals surface area contributed by atoms with Crippen molar-refractivity contribution in [2.24, 2.45) is 5.92 Å². The van der Waals surface area contributed by atoms with Gasteiger partial charge >= 0.3 is 0 Å². The van der Waals surface area contributed by atoms with Crippen LogP contribution >= 0.6 is 0 Å². The highest BCUT2D eigenvalue weighted by molar-refractivity contribution is 5.43. The van der Waals surface area contributed by atoms with Gasteiger partial charge in [-0.15, -0.1) is 0 Å². The zero-order valence-electron chi connectivity index (χ0n) is 12.1. The molecule has 1 N–H and O–H groups in total. The van der Waals surface area contributed by atoms with Crippen LogP contribution in [0.1, 0.15) is 44.8 Å². The highest BCUT2D eigenvalue weighted by Gasteiger charge is 2.32. The summed E-state index contributed by atoms with van der Waals surface area (Å²) in [5.41, 5.74) is 0.476. The highest BCUT2D eigenvalue weighted by Crippen LogP contribution is 2.41. The fourth-order valence-electron chi connectivity index (χ4n) is 2.49. The average Bonchev–Trinajstić information content (AvgIpc) is 3.16. The van der Waals surface area contributed by atoms with Gasteiger partial charge in [-0.1, -0.05) is 0 Å². The molecule has 4 heteroatoms. The fourth-order valence-corrected chi connectivity index (χ4v) is 2.49. The van der Waals surface area contributed by atoms with Crippen LogP contribution in [0.15, 0.2) is 18.2 Å². The topological polar surface area (TPSA) is 47.9 Å². The van der Waals surface area contributed by atoms with Gasteiger partial charge in [0.1, 0.15) is 17.1 Å². The molecule has 4 nitrogen and oxygen atoms in total. The van der Waals surface area contributed by atoms with Crippen LogP contribution < -0.4 is 9.47 Å². The molecule has 1 saturated carbocycles. The van der Waals surface area contributed by atoms with Crippen molar-refractivity contribution < 1.29 is 19.3 Å². The van der Waals surface area contributed by atoms with E-state index in [1.165, 1.54) is 12.8 Å². The molecule has 1 aromatic carbocycles. The molecular formula is C16H22O4. The lowest BCUT2D eigenvalue weighted by atomic mass is 9.92. The van der Waals surface area contributed by atoms with Crippen LogP contribution in [-0.4, -0.2) is 24.1 Å². The van der Waals surface area contributed by atoms with Crippen molar-refractivity contribution in [3.63, 3.8) is 0 Å². The third-order valence-electron chi connectivity index (χ3n) is 3.77. The number of hydrogen-bond acceptors (Lipinski definition) is 4. The minimum atomic E-state index is -0.478. The van der Waals surface area contributed by atoms with Crippen LogP contribution in [0.4, 0.5) is 0 Å². The van der Waals surface area contributed by atoms with Crippen LogP contribution in [0.5, 0.6) is 11.5 Å². The van der Waals surface area contributed by atoms with E-state index in [4.69, 9.17) is 14.2 Å². The van der Waals surface area contributed by atoms with Gasteiger partial charge in [0.15, 0.2) is 6.79 Å². The molecular weight excluding hydrogens is 256 g/mol. The van der Waals surface area contributed by atoms with E-state index in [0.29, 0.717) is 17.9 Å². The summed E-state index contributed by atoms with van der Waals surface area (Å²) in [5.74, 6) is 2.15. The Kier molecular flexibility index (Phi) is 3.61. The molecule has 3 rings (SSSR count). The highest BCUT2D eigenvalue weighted by atomic mass is 16.7. The Bertz CT molecular complexity index is 479. The van der Waals surface area contributed by atoms with Gasteiger partial charge in [0.2, 0.25) is 0 Å². The van der Waals surface area contributed by atoms with E-state index in [1.807, 2.05) is 32.0 Å². The lowest BCUT2D eigenvalue weighted by molar-refractivity contribution is 0.00504. The first-order valence-electron chi connectivity index (χ1n) is 7.25. The van der Waals surface area contributed by atoms with Gasteiger partial charge < -0.3 is 19.3 Å². The number of benzene rings is 1. The van der Waals surface area contributed by atoms with Crippen molar-refractivity contribution in [2.75, 3.05) is 13.4 Å². The smallest absolute Gasteiger partial charge is 0.189 e. The van der Waals surface area contributed by atoms with E-state index < -0.39 is 6.10 Å². The maximum atomic E-state index is 10.1. The number of rotatable bonds is 5. The van der Waals surface area contributed by atoms with Crippen molar-refractivity contribution in [2.45, 2.75) is 44.8 Å². The van der Waals surface area contributed by atoms with Crippen molar-refractivity contribution >= 4 is 0 Å². The largest absolute Gasteiger partial charge is 0.487 e. The van der Waals surface area contributed by atoms with Crippen LogP contribution in [0.3, 0.4) is 0 Å². The van der Waals surface area contributed by atoms with E-state index in [-0.39, 0.29) is 12.4 Å². The number of fused-ring (bicyclic) bond motifs is 1. The van der Waals surface area contributed by atoms with Crippen molar-refractivity contribution in [1.82, 2.24) is 0 Å². The molecule has 1 unspecified atom stereocenters. The van der Waals surface area contributed by atoms with Gasteiger partial charge in [-0.2, -0.15) is 0 Å². The summed E-state index contributed by atoms with van der Waals surface area (Å²) in [6, 6.07) is 5.55. The monoisotopic (exact) mass is 278 g/mol. The quantitative estimate of drug-likeness (QED) is 0.664. The van der Waals surface area contributed by atoms with Crippen molar-refractivity contribution in [3.05, 3.63) is 23.8 Å². The number of aliphatic hydroxyl groups excluding tert-OH is 1. The Morgan fingerprint density at radius 1 is 1.35 bits per heavy atom. The molecule has 1 heterocycles. The Labute approximate surface area is 119 Å². The van der Waals surface area contributed by atoms with E-state index in [9.17, 15) is 5.11 Å². The second-order valence-corrected chi connectivity index (χ2v) is 6.36. The first-order chi connectivity index (χ1) is 9.53. The Morgan fingerprint density at radius 2 is 2.15 bits per heavy atom. The Balaban J connectivity index is 1.62. The number of aliphatic hydroxyl groups is 1. The molecule has 0 spiro atoms. The van der Waals surface area contributed by atoms with Gasteiger partial charge in [-0.25, -0.2) is 0 Å². The summed E-state index contributed by atoms with van der Waals surface area (Å²) in [5, 5.41) is 10.1. The molecule has 0 radical (unpaired) electrons. The zero-order valence-corrected chi connectivity index (χ0v) is 12.1. The molecule has 2 aliphatic rings. The molecule has 1 aliphatic carbocycles. The SMILES string of the molecule is CC1(C)CC(O)c2ccc(OCOCC3CC3)cc2O1. The molecule has 110 valence electrons. The minimum absolute atomic E-state index is 0.265. The Morgan fingerprint density at radius 3 is 2.90 bits per heavy atom. The lowest BCUT2D eigenvalue weighted by Crippen LogP contribution is -2.34. The van der Waals surface area contributed by atoms with Crippen LogP contribution in [0, 0.1) is 5.92 Å². The molecule has 0 amide bonds. The summed E-state index contributed by atoms with van der Waals surface area (Å²) in [7, 11) is 0. The van der Waals surface area contributed by atoms with E-state index in [0.717, 1.165) is 18.1 Å². The fraction of sp³-hybridized carbons (Fsp3) is 0.625. The van der Waals surface area contributed by atoms with E-state index in [2.05, 4.69) is 0 Å². The van der Waals surface area contributed by atoms with Crippen molar-refractivity contribution in [3.8, 4) is 11.5 Å². The maximum absolute atomic E-state index is 10.1. The predicted molar refractivity (Wildman–Crippen MR) is 74.9 cm³/mol. The van der Waals surface area contributed by atoms with Gasteiger partial charge in [0.25, 0.3) is 0 Å². The normalized spacial score (nSPS) is 23.9. The standard InChI is InChI=1S/C16H22O4/c1-16(2)8-14(17)13-6-5-12(7-15(13)20-16)19-10-18-9-11-3-4-11/h5-7,11,14,17H,3-4,8-10H2,1-2H3. The summed E-state index contributed by atoms with van der Waals surface area (Å²) in [6.07, 6.45) is 2.68. The maximum Gasteiger partial charge on any atom is 0.189 e.